The Balaban J connectivity index is 1.61. The number of nitrogens with zero attached hydrogens (tertiary/aromatic N) is 2. The third-order valence-electron chi connectivity index (χ3n) is 4.61. The second-order valence-electron chi connectivity index (χ2n) is 6.79. The van der Waals surface area contributed by atoms with Gasteiger partial charge in [-0.1, -0.05) is 0 Å². The predicted molar refractivity (Wildman–Crippen MR) is 119 cm³/mol. The highest BCUT2D eigenvalue weighted by Gasteiger charge is 2.39. The van der Waals surface area contributed by atoms with Crippen molar-refractivity contribution in [1.29, 1.82) is 5.41 Å². The van der Waals surface area contributed by atoms with Gasteiger partial charge in [-0.15, -0.1) is 0 Å². The average Bonchev–Trinajstić information content (AvgIpc) is 3.45. The molecule has 0 radical (unpaired) electrons. The molecule has 1 saturated heterocycles. The summed E-state index contributed by atoms with van der Waals surface area (Å²) in [6.07, 6.45) is 0.642. The maximum atomic E-state index is 11.0. The van der Waals surface area contributed by atoms with Crippen molar-refractivity contribution in [1.82, 2.24) is 0 Å². The molecule has 2 heterocycles. The fraction of sp³-hybridized carbons (Fsp3) is 0.0455. The molecule has 1 aliphatic rings. The zero-order chi connectivity index (χ0) is 23.4. The maximum absolute atomic E-state index is 11.0. The molecule has 3 aromatic rings. The first-order valence-corrected chi connectivity index (χ1v) is 9.55. The highest BCUT2D eigenvalue weighted by Crippen LogP contribution is 2.27. The fourth-order valence-electron chi connectivity index (χ4n) is 2.94. The first-order valence-electron chi connectivity index (χ1n) is 9.55. The van der Waals surface area contributed by atoms with Crippen LogP contribution in [0.15, 0.2) is 81.5 Å². The molecule has 0 amide bonds. The second kappa shape index (κ2) is 9.06. The molecule has 0 saturated carbocycles. The molecule has 0 bridgehead atoms. The van der Waals surface area contributed by atoms with E-state index in [4.69, 9.17) is 24.8 Å². The Morgan fingerprint density at radius 1 is 0.848 bits per heavy atom. The molecule has 1 aromatic heterocycles. The van der Waals surface area contributed by atoms with E-state index in [1.807, 2.05) is 0 Å². The Labute approximate surface area is 186 Å². The van der Waals surface area contributed by atoms with Crippen LogP contribution in [-0.4, -0.2) is 39.5 Å². The van der Waals surface area contributed by atoms with Crippen molar-refractivity contribution in [3.63, 3.8) is 0 Å². The number of hydrogen-bond donors (Lipinski definition) is 5. The number of rotatable bonds is 7. The minimum atomic E-state index is -1.04. The molecule has 0 spiro atoms. The van der Waals surface area contributed by atoms with Crippen LogP contribution in [0.4, 0.5) is 11.4 Å². The summed E-state index contributed by atoms with van der Waals surface area (Å²) in [4.78, 5) is 22.0. The van der Waals surface area contributed by atoms with Gasteiger partial charge in [-0.25, -0.2) is 9.59 Å². The molecular formula is C22H17N5O6. The molecule has 1 fully saturated rings. The molecule has 0 aliphatic carbocycles. The van der Waals surface area contributed by atoms with Gasteiger partial charge in [0.25, 0.3) is 0 Å². The van der Waals surface area contributed by atoms with E-state index < -0.39 is 18.0 Å². The second-order valence-corrected chi connectivity index (χ2v) is 6.79. The zero-order valence-electron chi connectivity index (χ0n) is 16.9. The van der Waals surface area contributed by atoms with Crippen molar-refractivity contribution in [2.24, 2.45) is 10.2 Å². The Kier molecular flexibility index (Phi) is 5.85. The van der Waals surface area contributed by atoms with Crippen LogP contribution >= 0.6 is 0 Å². The number of hydrogen-bond acceptors (Lipinski definition) is 9. The van der Waals surface area contributed by atoms with Crippen LogP contribution in [0.2, 0.25) is 0 Å². The number of benzene rings is 2. The van der Waals surface area contributed by atoms with E-state index in [1.165, 1.54) is 42.7 Å². The van der Waals surface area contributed by atoms with Crippen LogP contribution in [0.25, 0.3) is 0 Å². The van der Waals surface area contributed by atoms with E-state index in [1.54, 1.807) is 24.3 Å². The number of carboxylic acid groups (broad SMARTS) is 2. The standard InChI is InChI=1S/C22H17N5O6/c23-20-18(27-25-15-9-5-13(6-10-15)22(30)31)17(19(33-20)16-2-1-11-32-16)26-24-14-7-3-12(4-8-14)21(28)29/h1-11,19,23-25H,(H,28,29)(H,30,31). The number of anilines is 2. The topological polar surface area (TPSA) is 170 Å². The quantitative estimate of drug-likeness (QED) is 0.342. The van der Waals surface area contributed by atoms with Crippen LogP contribution in [0.3, 0.4) is 0 Å². The van der Waals surface area contributed by atoms with Crippen molar-refractivity contribution >= 4 is 40.6 Å². The number of furan rings is 1. The van der Waals surface area contributed by atoms with Gasteiger partial charge in [-0.3, -0.25) is 16.3 Å². The molecule has 166 valence electrons. The Bertz CT molecular complexity index is 1250. The number of carboxylic acids is 2. The molecule has 11 nitrogen and oxygen atoms in total. The molecule has 1 unspecified atom stereocenters. The van der Waals surface area contributed by atoms with Gasteiger partial charge in [-0.05, 0) is 60.7 Å². The number of nitrogens with one attached hydrogen (secondary N) is 3. The molecule has 1 aliphatic heterocycles. The van der Waals surface area contributed by atoms with Gasteiger partial charge in [0, 0.05) is 0 Å². The van der Waals surface area contributed by atoms with E-state index in [9.17, 15) is 9.59 Å². The van der Waals surface area contributed by atoms with Crippen LogP contribution < -0.4 is 10.9 Å². The van der Waals surface area contributed by atoms with Gasteiger partial charge in [0.1, 0.15) is 5.71 Å². The maximum Gasteiger partial charge on any atom is 0.335 e. The van der Waals surface area contributed by atoms with Gasteiger partial charge in [0.2, 0.25) is 12.0 Å². The van der Waals surface area contributed by atoms with Crippen molar-refractivity contribution in [2.45, 2.75) is 6.10 Å². The first kappa shape index (κ1) is 21.3. The number of aromatic carboxylic acids is 2. The molecule has 2 aromatic carbocycles. The van der Waals surface area contributed by atoms with Crippen molar-refractivity contribution < 1.29 is 29.0 Å². The lowest BCUT2D eigenvalue weighted by Gasteiger charge is -2.08. The molecular weight excluding hydrogens is 430 g/mol. The largest absolute Gasteiger partial charge is 0.478 e. The summed E-state index contributed by atoms with van der Waals surface area (Å²) in [5, 5.41) is 34.8. The third-order valence-corrected chi connectivity index (χ3v) is 4.61. The summed E-state index contributed by atoms with van der Waals surface area (Å²) in [6, 6.07) is 15.2. The number of carbonyl (C=O) groups is 2. The molecule has 11 heteroatoms. The summed E-state index contributed by atoms with van der Waals surface area (Å²) >= 11 is 0. The van der Waals surface area contributed by atoms with Gasteiger partial charge < -0.3 is 19.4 Å². The average molecular weight is 447 g/mol. The lowest BCUT2D eigenvalue weighted by Crippen LogP contribution is -2.19. The highest BCUT2D eigenvalue weighted by atomic mass is 16.5. The van der Waals surface area contributed by atoms with Gasteiger partial charge >= 0.3 is 11.9 Å². The minimum absolute atomic E-state index is 0.105. The lowest BCUT2D eigenvalue weighted by atomic mass is 10.1. The van der Waals surface area contributed by atoms with Crippen LogP contribution in [0.5, 0.6) is 0 Å². The van der Waals surface area contributed by atoms with E-state index in [0.717, 1.165) is 0 Å². The Hall–Kier alpha value is -4.93. The van der Waals surface area contributed by atoms with E-state index in [-0.39, 0.29) is 28.4 Å². The highest BCUT2D eigenvalue weighted by molar-refractivity contribution is 6.69. The summed E-state index contributed by atoms with van der Waals surface area (Å²) in [5.74, 6) is -1.91. The predicted octanol–water partition coefficient (Wildman–Crippen LogP) is 3.66. The minimum Gasteiger partial charge on any atom is -0.478 e. The fourth-order valence-corrected chi connectivity index (χ4v) is 2.94. The van der Waals surface area contributed by atoms with Crippen molar-refractivity contribution in [3.8, 4) is 0 Å². The molecule has 33 heavy (non-hydrogen) atoms. The van der Waals surface area contributed by atoms with Crippen molar-refractivity contribution in [3.05, 3.63) is 83.8 Å². The van der Waals surface area contributed by atoms with Gasteiger partial charge in [0.15, 0.2) is 11.5 Å². The summed E-state index contributed by atoms with van der Waals surface area (Å²) < 4.78 is 11.0. The molecule has 1 atom stereocenters. The van der Waals surface area contributed by atoms with E-state index in [2.05, 4.69) is 21.1 Å². The van der Waals surface area contributed by atoms with Crippen LogP contribution in [-0.2, 0) is 4.74 Å². The summed E-state index contributed by atoms with van der Waals surface area (Å²) in [7, 11) is 0. The van der Waals surface area contributed by atoms with Gasteiger partial charge in [-0.2, -0.15) is 10.2 Å². The van der Waals surface area contributed by atoms with E-state index in [0.29, 0.717) is 17.1 Å². The Morgan fingerprint density at radius 2 is 1.39 bits per heavy atom. The summed E-state index contributed by atoms with van der Waals surface area (Å²) in [6.45, 7) is 0. The number of ether oxygens (including phenoxy) is 1. The monoisotopic (exact) mass is 447 g/mol. The lowest BCUT2D eigenvalue weighted by molar-refractivity contribution is 0.0686. The van der Waals surface area contributed by atoms with Crippen molar-refractivity contribution in [2.75, 3.05) is 10.9 Å². The van der Waals surface area contributed by atoms with Gasteiger partial charge in [0.05, 0.1) is 28.8 Å². The Morgan fingerprint density at radius 3 is 1.88 bits per heavy atom. The zero-order valence-corrected chi connectivity index (χ0v) is 16.9. The summed E-state index contributed by atoms with van der Waals surface area (Å²) in [5.41, 5.74) is 7.22. The first-order chi connectivity index (χ1) is 15.9. The van der Waals surface area contributed by atoms with E-state index >= 15 is 0 Å². The van der Waals surface area contributed by atoms with Crippen LogP contribution in [0.1, 0.15) is 32.6 Å². The number of hydrazone groups is 2. The molecule has 5 N–H and O–H groups in total. The normalized spacial score (nSPS) is 17.7. The third kappa shape index (κ3) is 4.71. The SMILES string of the molecule is N=C1OC(c2ccco2)C(=NNc2ccc(C(=O)O)cc2)C1=NNc1ccc(C(=O)O)cc1. The van der Waals surface area contributed by atoms with Crippen LogP contribution in [0, 0.1) is 5.41 Å². The molecule has 4 rings (SSSR count). The smallest absolute Gasteiger partial charge is 0.335 e.